The molecule has 0 aliphatic rings. The molecule has 0 saturated carbocycles. The zero-order valence-electron chi connectivity index (χ0n) is 18.2. The van der Waals surface area contributed by atoms with Crippen molar-refractivity contribution >= 4 is 43.1 Å². The molecule has 0 aliphatic heterocycles. The molecule has 0 aliphatic carbocycles. The Kier molecular flexibility index (Phi) is 6.68. The SMILES string of the molecule is [Zn].c1ccc(-c2nc3ccccc3s2)c(OCOc2ccccc2-c2nc3ccccc3s2)c1. The molecule has 0 radical (unpaired) electrons. The summed E-state index contributed by atoms with van der Waals surface area (Å²) in [6, 6.07) is 32.2. The van der Waals surface area contributed by atoms with Crippen LogP contribution >= 0.6 is 22.7 Å². The molecule has 0 N–H and O–H groups in total. The Bertz CT molecular complexity index is 1390. The van der Waals surface area contributed by atoms with Crippen LogP contribution < -0.4 is 9.47 Å². The number of thiazole rings is 2. The van der Waals surface area contributed by atoms with Gasteiger partial charge in [-0.1, -0.05) is 48.5 Å². The molecule has 0 fully saturated rings. The molecule has 0 spiro atoms. The van der Waals surface area contributed by atoms with Gasteiger partial charge < -0.3 is 9.47 Å². The zero-order valence-corrected chi connectivity index (χ0v) is 22.8. The van der Waals surface area contributed by atoms with E-state index in [1.165, 1.54) is 0 Å². The van der Waals surface area contributed by atoms with Gasteiger partial charge in [0.15, 0.2) is 0 Å². The van der Waals surface area contributed by atoms with Crippen molar-refractivity contribution in [2.75, 3.05) is 6.79 Å². The molecule has 2 heterocycles. The zero-order chi connectivity index (χ0) is 22.0. The average molecular weight is 532 g/mol. The molecule has 0 atom stereocenters. The molecule has 34 heavy (non-hydrogen) atoms. The van der Waals surface area contributed by atoms with Crippen LogP contribution in [0.4, 0.5) is 0 Å². The second-order valence-corrected chi connectivity index (χ2v) is 9.43. The van der Waals surface area contributed by atoms with Crippen molar-refractivity contribution in [2.24, 2.45) is 0 Å². The summed E-state index contributed by atoms with van der Waals surface area (Å²) in [5.41, 5.74) is 3.91. The summed E-state index contributed by atoms with van der Waals surface area (Å²) in [5.74, 6) is 1.49. The quantitative estimate of drug-likeness (QED) is 0.163. The number of nitrogens with zero attached hydrogens (tertiary/aromatic N) is 2. The van der Waals surface area contributed by atoms with Crippen LogP contribution in [0.25, 0.3) is 41.6 Å². The van der Waals surface area contributed by atoms with Gasteiger partial charge in [0, 0.05) is 19.5 Å². The molecule has 4 nitrogen and oxygen atoms in total. The normalized spacial score (nSPS) is 10.8. The van der Waals surface area contributed by atoms with Gasteiger partial charge in [0.05, 0.1) is 31.6 Å². The molecule has 6 aromatic rings. The number of hydrogen-bond acceptors (Lipinski definition) is 6. The second kappa shape index (κ2) is 10.0. The Balaban J connectivity index is 0.00000241. The van der Waals surface area contributed by atoms with Gasteiger partial charge in [-0.25, -0.2) is 9.97 Å². The summed E-state index contributed by atoms with van der Waals surface area (Å²) >= 11 is 3.31. The molecule has 4 aromatic carbocycles. The fraction of sp³-hybridized carbons (Fsp3) is 0.0370. The van der Waals surface area contributed by atoms with Crippen LogP contribution in [0.1, 0.15) is 0 Å². The summed E-state index contributed by atoms with van der Waals surface area (Å²) in [4.78, 5) is 9.55. The predicted molar refractivity (Wildman–Crippen MR) is 136 cm³/mol. The molecule has 0 bridgehead atoms. The van der Waals surface area contributed by atoms with Gasteiger partial charge in [-0.05, 0) is 48.5 Å². The number of rotatable bonds is 6. The van der Waals surface area contributed by atoms with Crippen molar-refractivity contribution in [3.63, 3.8) is 0 Å². The summed E-state index contributed by atoms with van der Waals surface area (Å²) < 4.78 is 14.4. The summed E-state index contributed by atoms with van der Waals surface area (Å²) in [7, 11) is 0. The molecular formula is C27H18N2O2S2Zn. The van der Waals surface area contributed by atoms with Crippen LogP contribution in [0.2, 0.25) is 0 Å². The minimum atomic E-state index is 0. The van der Waals surface area contributed by atoms with Crippen LogP contribution in [-0.4, -0.2) is 16.8 Å². The number of benzene rings is 4. The van der Waals surface area contributed by atoms with Gasteiger partial charge in [0.2, 0.25) is 6.79 Å². The molecule has 2 aromatic heterocycles. The minimum absolute atomic E-state index is 0. The Hall–Kier alpha value is -3.12. The van der Waals surface area contributed by atoms with E-state index in [1.807, 2.05) is 84.9 Å². The van der Waals surface area contributed by atoms with Crippen molar-refractivity contribution in [2.45, 2.75) is 0 Å². The first kappa shape index (κ1) is 22.7. The number of para-hydroxylation sites is 4. The Morgan fingerprint density at radius 3 is 1.41 bits per heavy atom. The third-order valence-electron chi connectivity index (χ3n) is 5.25. The standard InChI is InChI=1S/C27H18N2O2S2.Zn/c1-5-13-22(18(9-1)26-28-20-11-3-7-15-24(20)32-26)30-17-31-23-14-6-2-10-19(23)27-29-21-12-4-8-16-25(21)33-27;/h1-16H,17H2;. The van der Waals surface area contributed by atoms with E-state index in [9.17, 15) is 0 Å². The second-order valence-electron chi connectivity index (χ2n) is 7.37. The number of hydrogen-bond donors (Lipinski definition) is 0. The first-order valence-electron chi connectivity index (χ1n) is 10.5. The molecule has 0 unspecified atom stereocenters. The minimum Gasteiger partial charge on any atom is -0.457 e. The van der Waals surface area contributed by atoms with Crippen molar-refractivity contribution in [3.05, 3.63) is 97.1 Å². The third kappa shape index (κ3) is 4.47. The maximum atomic E-state index is 6.07. The summed E-state index contributed by atoms with van der Waals surface area (Å²) in [6.45, 7) is 0.0871. The van der Waals surface area contributed by atoms with E-state index in [-0.39, 0.29) is 26.3 Å². The molecule has 7 heteroatoms. The molecule has 0 saturated heterocycles. The maximum absolute atomic E-state index is 6.07. The first-order valence-corrected chi connectivity index (χ1v) is 12.1. The van der Waals surface area contributed by atoms with E-state index in [1.54, 1.807) is 22.7 Å². The first-order chi connectivity index (χ1) is 16.3. The van der Waals surface area contributed by atoms with Crippen LogP contribution in [-0.2, 0) is 19.5 Å². The van der Waals surface area contributed by atoms with Gasteiger partial charge in [-0.15, -0.1) is 22.7 Å². The Labute approximate surface area is 217 Å². The van der Waals surface area contributed by atoms with E-state index in [4.69, 9.17) is 19.4 Å². The van der Waals surface area contributed by atoms with Crippen LogP contribution in [0.3, 0.4) is 0 Å². The van der Waals surface area contributed by atoms with Crippen molar-refractivity contribution in [3.8, 4) is 32.6 Å². The number of ether oxygens (including phenoxy) is 2. The van der Waals surface area contributed by atoms with Gasteiger partial charge in [0.25, 0.3) is 0 Å². The van der Waals surface area contributed by atoms with Gasteiger partial charge in [-0.3, -0.25) is 0 Å². The van der Waals surface area contributed by atoms with Crippen molar-refractivity contribution < 1.29 is 29.0 Å². The fourth-order valence-electron chi connectivity index (χ4n) is 3.67. The average Bonchev–Trinajstić information content (AvgIpc) is 3.49. The molecular weight excluding hydrogens is 514 g/mol. The van der Waals surface area contributed by atoms with Crippen LogP contribution in [0, 0.1) is 0 Å². The smallest absolute Gasteiger partial charge is 0.230 e. The largest absolute Gasteiger partial charge is 0.457 e. The van der Waals surface area contributed by atoms with E-state index < -0.39 is 0 Å². The maximum Gasteiger partial charge on any atom is 0.230 e. The topological polar surface area (TPSA) is 44.2 Å². The molecule has 0 amide bonds. The Morgan fingerprint density at radius 2 is 0.941 bits per heavy atom. The van der Waals surface area contributed by atoms with Gasteiger partial charge >= 0.3 is 0 Å². The van der Waals surface area contributed by atoms with E-state index in [0.717, 1.165) is 53.1 Å². The van der Waals surface area contributed by atoms with E-state index in [2.05, 4.69) is 12.1 Å². The molecule has 162 valence electrons. The third-order valence-corrected chi connectivity index (χ3v) is 7.39. The summed E-state index contributed by atoms with van der Waals surface area (Å²) in [6.07, 6.45) is 0. The van der Waals surface area contributed by atoms with E-state index >= 15 is 0 Å². The Morgan fingerprint density at radius 1 is 0.529 bits per heavy atom. The van der Waals surface area contributed by atoms with E-state index in [0.29, 0.717) is 0 Å². The van der Waals surface area contributed by atoms with Crippen LogP contribution in [0.5, 0.6) is 11.5 Å². The van der Waals surface area contributed by atoms with Gasteiger partial charge in [-0.2, -0.15) is 0 Å². The van der Waals surface area contributed by atoms with Crippen LogP contribution in [0.15, 0.2) is 97.1 Å². The number of aromatic nitrogens is 2. The number of fused-ring (bicyclic) bond motifs is 2. The van der Waals surface area contributed by atoms with Crippen molar-refractivity contribution in [1.29, 1.82) is 0 Å². The van der Waals surface area contributed by atoms with Crippen molar-refractivity contribution in [1.82, 2.24) is 9.97 Å². The molecule has 6 rings (SSSR count). The predicted octanol–water partition coefficient (Wildman–Crippen LogP) is 7.65. The summed E-state index contributed by atoms with van der Waals surface area (Å²) in [5, 5.41) is 1.86. The monoisotopic (exact) mass is 530 g/mol. The van der Waals surface area contributed by atoms with Gasteiger partial charge in [0.1, 0.15) is 21.5 Å². The fourth-order valence-corrected chi connectivity index (χ4v) is 5.66.